The number of rotatable bonds is 3. The van der Waals surface area contributed by atoms with E-state index >= 15 is 0 Å². The van der Waals surface area contributed by atoms with E-state index in [-0.39, 0.29) is 18.6 Å². The number of alkyl halides is 3. The summed E-state index contributed by atoms with van der Waals surface area (Å²) >= 11 is -0.144. The Hall–Kier alpha value is -1.03. The fourth-order valence-corrected chi connectivity index (χ4v) is 7.30. The number of hydrogen-bond donors (Lipinski definition) is 0. The molecule has 1 heterocycles. The van der Waals surface area contributed by atoms with E-state index in [1.165, 1.54) is 24.3 Å². The van der Waals surface area contributed by atoms with Gasteiger partial charge in [0.15, 0.2) is 0 Å². The standard InChI is InChI=1S/C16H11F3INO2SSe/c1-10-6-8-11(9-7-10)24(22,23)21-13-5-3-2-4-12(13)14(15(21)20)25-16(17,18)19/h2-9H,1H3. The first-order valence-electron chi connectivity index (χ1n) is 6.98. The number of aryl methyl sites for hydroxylation is 1. The van der Waals surface area contributed by atoms with E-state index in [0.29, 0.717) is 5.39 Å². The van der Waals surface area contributed by atoms with E-state index in [4.69, 9.17) is 0 Å². The Morgan fingerprint density at radius 2 is 1.64 bits per heavy atom. The Bertz CT molecular complexity index is 1040. The van der Waals surface area contributed by atoms with E-state index in [1.807, 2.05) is 6.92 Å². The molecular weight excluding hydrogens is 533 g/mol. The van der Waals surface area contributed by atoms with Crippen LogP contribution in [0.4, 0.5) is 13.2 Å². The Morgan fingerprint density at radius 3 is 2.24 bits per heavy atom. The summed E-state index contributed by atoms with van der Waals surface area (Å²) in [5.74, 6) is 0. The second kappa shape index (κ2) is 6.60. The van der Waals surface area contributed by atoms with Gasteiger partial charge in [0.2, 0.25) is 0 Å². The summed E-state index contributed by atoms with van der Waals surface area (Å²) in [5.41, 5.74) is 1.15. The van der Waals surface area contributed by atoms with Crippen molar-refractivity contribution in [3.8, 4) is 0 Å². The van der Waals surface area contributed by atoms with E-state index in [1.54, 1.807) is 46.9 Å². The van der Waals surface area contributed by atoms with Crippen LogP contribution in [-0.4, -0.2) is 32.4 Å². The predicted molar refractivity (Wildman–Crippen MR) is 99.9 cm³/mol. The van der Waals surface area contributed by atoms with Gasteiger partial charge in [0.05, 0.1) is 0 Å². The third kappa shape index (κ3) is 3.60. The average molecular weight is 544 g/mol. The molecule has 0 fully saturated rings. The molecule has 1 aromatic heterocycles. The van der Waals surface area contributed by atoms with Gasteiger partial charge in [-0.3, -0.25) is 0 Å². The molecule has 0 aliphatic heterocycles. The zero-order valence-electron chi connectivity index (χ0n) is 12.7. The van der Waals surface area contributed by atoms with Crippen LogP contribution < -0.4 is 4.46 Å². The van der Waals surface area contributed by atoms with E-state index < -0.39 is 30.1 Å². The van der Waals surface area contributed by atoms with Crippen LogP contribution in [0.1, 0.15) is 5.56 Å². The summed E-state index contributed by atoms with van der Waals surface area (Å²) in [6.45, 7) is 1.83. The Morgan fingerprint density at radius 1 is 1.04 bits per heavy atom. The Balaban J connectivity index is 2.30. The molecule has 9 heteroatoms. The summed E-state index contributed by atoms with van der Waals surface area (Å²) in [6, 6.07) is 12.5. The molecular formula is C16H11F3INO2SSe. The van der Waals surface area contributed by atoms with Crippen molar-refractivity contribution in [2.45, 2.75) is 16.9 Å². The fraction of sp³-hybridized carbons (Fsp3) is 0.125. The molecule has 25 heavy (non-hydrogen) atoms. The van der Waals surface area contributed by atoms with E-state index in [9.17, 15) is 21.6 Å². The molecule has 0 saturated heterocycles. The predicted octanol–water partition coefficient (Wildman–Crippen LogP) is 3.64. The van der Waals surface area contributed by atoms with Gasteiger partial charge in [-0.25, -0.2) is 0 Å². The minimum absolute atomic E-state index is 0.0342. The number of fused-ring (bicyclic) bond motifs is 1. The molecule has 132 valence electrons. The van der Waals surface area contributed by atoms with Gasteiger partial charge in [-0.2, -0.15) is 0 Å². The number of para-hydroxylation sites is 1. The summed E-state index contributed by atoms with van der Waals surface area (Å²) in [4.78, 5) is 0.0443. The van der Waals surface area contributed by atoms with Gasteiger partial charge in [-0.1, -0.05) is 0 Å². The molecule has 3 aromatic rings. The molecule has 0 amide bonds. The zero-order valence-corrected chi connectivity index (χ0v) is 17.4. The number of hydrogen-bond acceptors (Lipinski definition) is 2. The first-order valence-corrected chi connectivity index (χ1v) is 11.2. The van der Waals surface area contributed by atoms with Crippen LogP contribution >= 0.6 is 22.6 Å². The maximum absolute atomic E-state index is 13.0. The Kier molecular flexibility index (Phi) is 4.95. The molecule has 0 spiro atoms. The molecule has 0 unspecified atom stereocenters. The van der Waals surface area contributed by atoms with Crippen LogP contribution in [0.3, 0.4) is 0 Å². The maximum atomic E-state index is 13.0. The summed E-state index contributed by atoms with van der Waals surface area (Å²) < 4.78 is 66.2. The second-order valence-electron chi connectivity index (χ2n) is 5.27. The van der Waals surface area contributed by atoms with Gasteiger partial charge >= 0.3 is 163 Å². The number of aromatic nitrogens is 1. The van der Waals surface area contributed by atoms with Crippen LogP contribution in [0.15, 0.2) is 53.4 Å². The number of halogens is 4. The molecule has 2 aromatic carbocycles. The molecule has 0 aliphatic carbocycles. The summed E-state index contributed by atoms with van der Waals surface area (Å²) in [6.07, 6.45) is 0. The molecule has 0 aliphatic rings. The van der Waals surface area contributed by atoms with Crippen LogP contribution in [0, 0.1) is 10.6 Å². The van der Waals surface area contributed by atoms with Crippen molar-refractivity contribution < 1.29 is 21.6 Å². The first kappa shape index (κ1) is 18.8. The molecule has 3 rings (SSSR count). The second-order valence-corrected chi connectivity index (χ2v) is 10.3. The van der Waals surface area contributed by atoms with Crippen molar-refractivity contribution in [3.63, 3.8) is 0 Å². The fourth-order valence-electron chi connectivity index (χ4n) is 2.42. The molecule has 0 bridgehead atoms. The molecule has 3 nitrogen and oxygen atoms in total. The van der Waals surface area contributed by atoms with Crippen molar-refractivity contribution in [1.29, 1.82) is 0 Å². The van der Waals surface area contributed by atoms with Crippen molar-refractivity contribution in [3.05, 3.63) is 57.8 Å². The third-order valence-electron chi connectivity index (χ3n) is 3.51. The zero-order chi connectivity index (χ0) is 18.4. The van der Waals surface area contributed by atoms with Crippen molar-refractivity contribution in [1.82, 2.24) is 3.97 Å². The average Bonchev–Trinajstić information content (AvgIpc) is 2.79. The van der Waals surface area contributed by atoms with Gasteiger partial charge in [0, 0.05) is 0 Å². The van der Waals surface area contributed by atoms with Gasteiger partial charge in [0.1, 0.15) is 0 Å². The van der Waals surface area contributed by atoms with Crippen molar-refractivity contribution in [2.75, 3.05) is 0 Å². The van der Waals surface area contributed by atoms with Gasteiger partial charge in [-0.05, 0) is 0 Å². The van der Waals surface area contributed by atoms with Crippen molar-refractivity contribution in [2.24, 2.45) is 0 Å². The van der Waals surface area contributed by atoms with Crippen LogP contribution in [0.5, 0.6) is 0 Å². The molecule has 0 atom stereocenters. The molecule has 0 saturated carbocycles. The van der Waals surface area contributed by atoms with Gasteiger partial charge in [-0.15, -0.1) is 0 Å². The van der Waals surface area contributed by atoms with Crippen LogP contribution in [0.2, 0.25) is 0 Å². The molecule has 0 radical (unpaired) electrons. The minimum atomic E-state index is -4.37. The van der Waals surface area contributed by atoms with Gasteiger partial charge < -0.3 is 0 Å². The molecule has 0 N–H and O–H groups in total. The Labute approximate surface area is 162 Å². The van der Waals surface area contributed by atoms with Crippen LogP contribution in [-0.2, 0) is 10.0 Å². The van der Waals surface area contributed by atoms with E-state index in [2.05, 4.69) is 0 Å². The summed E-state index contributed by atoms with van der Waals surface area (Å²) in [5, 5.41) is -4.05. The topological polar surface area (TPSA) is 39.1 Å². The van der Waals surface area contributed by atoms with Crippen LogP contribution in [0.25, 0.3) is 10.9 Å². The number of nitrogens with zero attached hydrogens (tertiary/aromatic N) is 1. The van der Waals surface area contributed by atoms with Gasteiger partial charge in [0.25, 0.3) is 0 Å². The first-order chi connectivity index (χ1) is 11.6. The van der Waals surface area contributed by atoms with E-state index in [0.717, 1.165) is 9.54 Å². The normalized spacial score (nSPS) is 12.7. The SMILES string of the molecule is Cc1ccc(S(=O)(=O)n2c(I)c([Se]C(F)(F)F)c3ccccc32)cc1. The monoisotopic (exact) mass is 545 g/mol. The van der Waals surface area contributed by atoms with Crippen molar-refractivity contribution >= 4 is 62.9 Å². The third-order valence-corrected chi connectivity index (χ3v) is 9.19. The summed E-state index contributed by atoms with van der Waals surface area (Å²) in [7, 11) is -4.00. The number of benzene rings is 2. The quantitative estimate of drug-likeness (QED) is 0.374.